The SMILES string of the molecule is CCCCCC(N)n1cc(-c2cnc3ccc(C4=CCN(C)CC4)cc3n2)cn1. The van der Waals surface area contributed by atoms with Crippen molar-refractivity contribution in [2.24, 2.45) is 5.73 Å². The van der Waals surface area contributed by atoms with Gasteiger partial charge in [-0.25, -0.2) is 4.98 Å². The van der Waals surface area contributed by atoms with Gasteiger partial charge in [0.15, 0.2) is 0 Å². The molecular formula is C23H30N6. The molecule has 3 heterocycles. The summed E-state index contributed by atoms with van der Waals surface area (Å²) in [5, 5.41) is 4.46. The summed E-state index contributed by atoms with van der Waals surface area (Å²) in [6.07, 6.45) is 13.4. The minimum absolute atomic E-state index is 0.0910. The topological polar surface area (TPSA) is 72.9 Å². The Labute approximate surface area is 172 Å². The monoisotopic (exact) mass is 390 g/mol. The molecule has 1 aliphatic heterocycles. The highest BCUT2D eigenvalue weighted by Gasteiger charge is 2.13. The van der Waals surface area contributed by atoms with Crippen LogP contribution in [0.25, 0.3) is 27.9 Å². The van der Waals surface area contributed by atoms with Crippen molar-refractivity contribution in [3.05, 3.63) is 48.4 Å². The lowest BCUT2D eigenvalue weighted by molar-refractivity contribution is 0.370. The summed E-state index contributed by atoms with van der Waals surface area (Å²) in [7, 11) is 2.15. The summed E-state index contributed by atoms with van der Waals surface area (Å²) in [5.41, 5.74) is 12.5. The van der Waals surface area contributed by atoms with Crippen molar-refractivity contribution in [2.75, 3.05) is 20.1 Å². The van der Waals surface area contributed by atoms with Gasteiger partial charge in [0, 0.05) is 24.8 Å². The Balaban J connectivity index is 1.57. The molecule has 0 bridgehead atoms. The molecule has 4 rings (SSSR count). The van der Waals surface area contributed by atoms with E-state index in [1.54, 1.807) is 0 Å². The van der Waals surface area contributed by atoms with Crippen LogP contribution in [0.5, 0.6) is 0 Å². The van der Waals surface area contributed by atoms with Gasteiger partial charge in [0.1, 0.15) is 0 Å². The summed E-state index contributed by atoms with van der Waals surface area (Å²) in [5.74, 6) is 0. The summed E-state index contributed by atoms with van der Waals surface area (Å²) >= 11 is 0. The van der Waals surface area contributed by atoms with Crippen LogP contribution in [0.4, 0.5) is 0 Å². The zero-order chi connectivity index (χ0) is 20.2. The Hall–Kier alpha value is -2.57. The minimum atomic E-state index is -0.0910. The number of benzene rings is 1. The fourth-order valence-electron chi connectivity index (χ4n) is 3.77. The van der Waals surface area contributed by atoms with Crippen molar-refractivity contribution in [1.82, 2.24) is 24.6 Å². The number of hydrogen-bond donors (Lipinski definition) is 1. The largest absolute Gasteiger partial charge is 0.310 e. The first kappa shape index (κ1) is 19.7. The smallest absolute Gasteiger partial charge is 0.0988 e. The van der Waals surface area contributed by atoms with Crippen molar-refractivity contribution >= 4 is 16.6 Å². The summed E-state index contributed by atoms with van der Waals surface area (Å²) in [6, 6.07) is 6.37. The third kappa shape index (κ3) is 4.54. The lowest BCUT2D eigenvalue weighted by Gasteiger charge is -2.22. The first-order valence-corrected chi connectivity index (χ1v) is 10.6. The van der Waals surface area contributed by atoms with Gasteiger partial charge in [-0.2, -0.15) is 5.10 Å². The first-order chi connectivity index (χ1) is 14.1. The van der Waals surface area contributed by atoms with Crippen molar-refractivity contribution in [2.45, 2.75) is 45.2 Å². The molecule has 6 heteroatoms. The van der Waals surface area contributed by atoms with Crippen LogP contribution in [0.2, 0.25) is 0 Å². The van der Waals surface area contributed by atoms with E-state index in [0.717, 1.165) is 54.6 Å². The third-order valence-corrected chi connectivity index (χ3v) is 5.67. The molecule has 2 N–H and O–H groups in total. The number of rotatable bonds is 7. The van der Waals surface area contributed by atoms with E-state index >= 15 is 0 Å². The maximum Gasteiger partial charge on any atom is 0.0988 e. The van der Waals surface area contributed by atoms with Crippen molar-refractivity contribution in [3.8, 4) is 11.3 Å². The molecule has 6 nitrogen and oxygen atoms in total. The summed E-state index contributed by atoms with van der Waals surface area (Å²) in [6.45, 7) is 4.29. The maximum absolute atomic E-state index is 6.28. The predicted octanol–water partition coefficient (Wildman–Crippen LogP) is 4.25. The lowest BCUT2D eigenvalue weighted by atomic mass is 9.99. The Morgan fingerprint density at radius 2 is 2.03 bits per heavy atom. The van der Waals surface area contributed by atoms with E-state index in [-0.39, 0.29) is 6.17 Å². The fourth-order valence-corrected chi connectivity index (χ4v) is 3.77. The zero-order valence-corrected chi connectivity index (χ0v) is 17.4. The molecule has 1 aliphatic rings. The Morgan fingerprint density at radius 3 is 2.83 bits per heavy atom. The highest BCUT2D eigenvalue weighted by Crippen LogP contribution is 2.26. The Morgan fingerprint density at radius 1 is 1.14 bits per heavy atom. The van der Waals surface area contributed by atoms with Crippen LogP contribution in [0.15, 0.2) is 42.9 Å². The van der Waals surface area contributed by atoms with Crippen LogP contribution in [-0.2, 0) is 0 Å². The van der Waals surface area contributed by atoms with E-state index in [2.05, 4.69) is 53.2 Å². The number of aromatic nitrogens is 4. The molecule has 0 saturated carbocycles. The predicted molar refractivity (Wildman–Crippen MR) is 118 cm³/mol. The molecule has 0 aliphatic carbocycles. The zero-order valence-electron chi connectivity index (χ0n) is 17.4. The number of nitrogens with zero attached hydrogens (tertiary/aromatic N) is 5. The molecule has 1 unspecified atom stereocenters. The summed E-state index contributed by atoms with van der Waals surface area (Å²) in [4.78, 5) is 11.8. The first-order valence-electron chi connectivity index (χ1n) is 10.6. The van der Waals surface area contributed by atoms with Crippen LogP contribution >= 0.6 is 0 Å². The molecule has 2 aromatic heterocycles. The lowest BCUT2D eigenvalue weighted by Crippen LogP contribution is -2.23. The van der Waals surface area contributed by atoms with E-state index in [1.165, 1.54) is 24.0 Å². The van der Waals surface area contributed by atoms with Gasteiger partial charge in [-0.05, 0) is 49.6 Å². The second kappa shape index (κ2) is 8.84. The average molecular weight is 391 g/mol. The van der Waals surface area contributed by atoms with E-state index in [1.807, 2.05) is 23.3 Å². The van der Waals surface area contributed by atoms with Gasteiger partial charge in [0.2, 0.25) is 0 Å². The second-order valence-electron chi connectivity index (χ2n) is 7.97. The standard InChI is InChI=1S/C23H30N6/c1-3-4-5-6-23(24)29-16-19(14-26-29)22-15-25-20-8-7-18(13-21(20)27-22)17-9-11-28(2)12-10-17/h7-9,13-16,23H,3-6,10-12,24H2,1-2H3. The molecule has 0 spiro atoms. The highest BCUT2D eigenvalue weighted by atomic mass is 15.3. The molecular weight excluding hydrogens is 360 g/mol. The fraction of sp³-hybridized carbons (Fsp3) is 0.435. The van der Waals surface area contributed by atoms with Crippen LogP contribution in [0.1, 0.15) is 50.8 Å². The third-order valence-electron chi connectivity index (χ3n) is 5.67. The van der Waals surface area contributed by atoms with Gasteiger partial charge in [-0.3, -0.25) is 9.67 Å². The Kier molecular flexibility index (Phi) is 6.02. The van der Waals surface area contributed by atoms with Gasteiger partial charge < -0.3 is 10.6 Å². The van der Waals surface area contributed by atoms with E-state index < -0.39 is 0 Å². The normalized spacial score (nSPS) is 16.2. The molecule has 1 aromatic carbocycles. The van der Waals surface area contributed by atoms with Crippen molar-refractivity contribution < 1.29 is 0 Å². The minimum Gasteiger partial charge on any atom is -0.310 e. The van der Waals surface area contributed by atoms with E-state index in [4.69, 9.17) is 10.7 Å². The quantitative estimate of drug-likeness (QED) is 0.611. The highest BCUT2D eigenvalue weighted by molar-refractivity contribution is 5.82. The molecule has 3 aromatic rings. The van der Waals surface area contributed by atoms with Crippen LogP contribution in [0, 0.1) is 0 Å². The maximum atomic E-state index is 6.28. The van der Waals surface area contributed by atoms with Gasteiger partial charge >= 0.3 is 0 Å². The molecule has 0 fully saturated rings. The van der Waals surface area contributed by atoms with Gasteiger partial charge in [0.25, 0.3) is 0 Å². The van der Waals surface area contributed by atoms with Gasteiger partial charge in [-0.15, -0.1) is 0 Å². The average Bonchev–Trinajstić information content (AvgIpc) is 3.24. The number of likely N-dealkylation sites (N-methyl/N-ethyl adjacent to an activating group) is 1. The molecule has 1 atom stereocenters. The second-order valence-corrected chi connectivity index (χ2v) is 7.97. The molecule has 29 heavy (non-hydrogen) atoms. The Bertz CT molecular complexity index is 1010. The number of hydrogen-bond acceptors (Lipinski definition) is 5. The van der Waals surface area contributed by atoms with Crippen molar-refractivity contribution in [3.63, 3.8) is 0 Å². The molecule has 0 saturated heterocycles. The summed E-state index contributed by atoms with van der Waals surface area (Å²) < 4.78 is 1.84. The molecule has 152 valence electrons. The number of fused-ring (bicyclic) bond motifs is 1. The van der Waals surface area contributed by atoms with E-state index in [9.17, 15) is 0 Å². The van der Waals surface area contributed by atoms with Crippen LogP contribution in [-0.4, -0.2) is 44.8 Å². The number of nitrogens with two attached hydrogens (primary N) is 1. The number of unbranched alkanes of at least 4 members (excludes halogenated alkanes) is 2. The molecule has 0 radical (unpaired) electrons. The van der Waals surface area contributed by atoms with Crippen molar-refractivity contribution in [1.29, 1.82) is 0 Å². The van der Waals surface area contributed by atoms with Gasteiger partial charge in [-0.1, -0.05) is 31.9 Å². The van der Waals surface area contributed by atoms with Crippen LogP contribution < -0.4 is 5.73 Å². The van der Waals surface area contributed by atoms with Crippen LogP contribution in [0.3, 0.4) is 0 Å². The van der Waals surface area contributed by atoms with Gasteiger partial charge in [0.05, 0.1) is 35.3 Å². The van der Waals surface area contributed by atoms with E-state index in [0.29, 0.717) is 0 Å². The molecule has 0 amide bonds.